The van der Waals surface area contributed by atoms with Gasteiger partial charge in [0.25, 0.3) is 0 Å². The third-order valence-corrected chi connectivity index (χ3v) is 6.66. The number of benzene rings is 2. The Labute approximate surface area is 184 Å². The number of ether oxygens (including phenoxy) is 2. The molecule has 5 nitrogen and oxygen atoms in total. The van der Waals surface area contributed by atoms with Crippen LogP contribution in [0.25, 0.3) is 0 Å². The summed E-state index contributed by atoms with van der Waals surface area (Å²) in [4.78, 5) is 4.34. The summed E-state index contributed by atoms with van der Waals surface area (Å²) in [6.45, 7) is 0. The minimum atomic E-state index is -1.23. The fourth-order valence-corrected chi connectivity index (χ4v) is 5.26. The number of hydrogen-bond donors (Lipinski definition) is 2. The van der Waals surface area contributed by atoms with Crippen molar-refractivity contribution in [1.29, 1.82) is 0 Å². The van der Waals surface area contributed by atoms with Crippen molar-refractivity contribution in [1.82, 2.24) is 4.98 Å². The number of rotatable bonds is 3. The highest BCUT2D eigenvalue weighted by atomic mass is 79.9. The van der Waals surface area contributed by atoms with E-state index in [9.17, 15) is 5.11 Å². The van der Waals surface area contributed by atoms with Crippen molar-refractivity contribution in [3.05, 3.63) is 88.0 Å². The summed E-state index contributed by atoms with van der Waals surface area (Å²) in [5.41, 5.74) is 0.590. The van der Waals surface area contributed by atoms with Gasteiger partial charge in [-0.15, -0.1) is 0 Å². The van der Waals surface area contributed by atoms with Gasteiger partial charge in [0.2, 0.25) is 5.88 Å². The first-order valence-electron chi connectivity index (χ1n) is 9.81. The highest BCUT2D eigenvalue weighted by Crippen LogP contribution is 2.67. The zero-order valence-corrected chi connectivity index (χ0v) is 18.5. The van der Waals surface area contributed by atoms with E-state index in [0.29, 0.717) is 23.6 Å². The molecule has 1 aliphatic carbocycles. The molecule has 0 bridgehead atoms. The number of methoxy groups -OCH3 is 1. The molecule has 3 aromatic rings. The van der Waals surface area contributed by atoms with Gasteiger partial charge in [-0.05, 0) is 42.2 Å². The molecule has 156 valence electrons. The summed E-state index contributed by atoms with van der Waals surface area (Å²) in [5, 5.41) is 19.1. The lowest BCUT2D eigenvalue weighted by atomic mass is 9.72. The van der Waals surface area contributed by atoms with Gasteiger partial charge in [0.05, 0.1) is 12.7 Å². The Morgan fingerprint density at radius 3 is 2.43 bits per heavy atom. The highest BCUT2D eigenvalue weighted by molar-refractivity contribution is 9.10. The molecule has 2 N–H and O–H groups in total. The van der Waals surface area contributed by atoms with Crippen molar-refractivity contribution in [2.75, 3.05) is 14.2 Å². The van der Waals surface area contributed by atoms with Crippen molar-refractivity contribution in [3.8, 4) is 11.6 Å². The molecule has 0 radical (unpaired) electrons. The average molecular weight is 470 g/mol. The smallest absolute Gasteiger partial charge is 0.223 e. The number of aromatic nitrogens is 1. The van der Waals surface area contributed by atoms with Gasteiger partial charge < -0.3 is 19.7 Å². The average Bonchev–Trinajstić information content (AvgIpc) is 3.23. The number of aliphatic hydroxyl groups is 2. The Hall–Kier alpha value is -2.41. The van der Waals surface area contributed by atoms with E-state index in [0.717, 1.165) is 29.1 Å². The Kier molecular flexibility index (Phi) is 5.57. The van der Waals surface area contributed by atoms with Crippen LogP contribution in [0.5, 0.6) is 11.6 Å². The summed E-state index contributed by atoms with van der Waals surface area (Å²) in [6.07, 6.45) is 3.03. The van der Waals surface area contributed by atoms with Gasteiger partial charge in [-0.25, -0.2) is 4.98 Å². The molecular formula is C24H24BrNO4. The minimum absolute atomic E-state index is 0.00279. The summed E-state index contributed by atoms with van der Waals surface area (Å²) in [6, 6.07) is 20.2. The normalized spacial score (nSPS) is 26.1. The maximum absolute atomic E-state index is 12.1. The first kappa shape index (κ1) is 20.8. The maximum Gasteiger partial charge on any atom is 0.223 e. The van der Waals surface area contributed by atoms with Gasteiger partial charge in [0, 0.05) is 23.7 Å². The number of halogens is 1. The molecule has 2 heterocycles. The van der Waals surface area contributed by atoms with Gasteiger partial charge in [-0.2, -0.15) is 0 Å². The molecule has 2 aromatic carbocycles. The lowest BCUT2D eigenvalue weighted by Crippen LogP contribution is -2.48. The van der Waals surface area contributed by atoms with Crippen LogP contribution in [-0.4, -0.2) is 29.4 Å². The van der Waals surface area contributed by atoms with E-state index in [4.69, 9.17) is 14.6 Å². The van der Waals surface area contributed by atoms with Crippen molar-refractivity contribution >= 4 is 15.9 Å². The lowest BCUT2D eigenvalue weighted by Gasteiger charge is -2.40. The van der Waals surface area contributed by atoms with E-state index >= 15 is 0 Å². The molecule has 0 saturated heterocycles. The van der Waals surface area contributed by atoms with Crippen molar-refractivity contribution < 1.29 is 19.7 Å². The van der Waals surface area contributed by atoms with Crippen molar-refractivity contribution in [3.63, 3.8) is 0 Å². The molecule has 5 rings (SSSR count). The molecule has 6 heteroatoms. The Bertz CT molecular complexity index is 1030. The quantitative estimate of drug-likeness (QED) is 0.590. The Balaban J connectivity index is 0.00000106. The van der Waals surface area contributed by atoms with Crippen LogP contribution in [0.4, 0.5) is 0 Å². The lowest BCUT2D eigenvalue weighted by molar-refractivity contribution is -0.106. The number of pyridine rings is 1. The molecule has 2 aliphatic rings. The van der Waals surface area contributed by atoms with Gasteiger partial charge in [-0.3, -0.25) is 0 Å². The fourth-order valence-electron chi connectivity index (χ4n) is 5.00. The third kappa shape index (κ3) is 2.86. The third-order valence-electron chi connectivity index (χ3n) is 6.13. The summed E-state index contributed by atoms with van der Waals surface area (Å²) in [5.74, 6) is 1.06. The van der Waals surface area contributed by atoms with Crippen LogP contribution in [0.15, 0.2) is 71.3 Å². The Morgan fingerprint density at radius 1 is 1.07 bits per heavy atom. The maximum atomic E-state index is 12.1. The molecule has 1 saturated carbocycles. The topological polar surface area (TPSA) is 71.8 Å². The summed E-state index contributed by atoms with van der Waals surface area (Å²) < 4.78 is 13.2. The summed E-state index contributed by atoms with van der Waals surface area (Å²) in [7, 11) is 2.58. The van der Waals surface area contributed by atoms with E-state index in [1.807, 2.05) is 48.5 Å². The number of fused-ring (bicyclic) bond motifs is 3. The summed E-state index contributed by atoms with van der Waals surface area (Å²) >= 11 is 3.52. The molecule has 0 amide bonds. The van der Waals surface area contributed by atoms with Crippen LogP contribution in [-0.2, 0) is 11.2 Å². The zero-order valence-electron chi connectivity index (χ0n) is 16.9. The second-order valence-corrected chi connectivity index (χ2v) is 8.32. The van der Waals surface area contributed by atoms with E-state index in [2.05, 4.69) is 33.0 Å². The van der Waals surface area contributed by atoms with E-state index < -0.39 is 11.2 Å². The Morgan fingerprint density at radius 2 is 1.77 bits per heavy atom. The molecule has 1 aliphatic heterocycles. The molecule has 1 aromatic heterocycles. The number of nitrogens with zero attached hydrogens (tertiary/aromatic N) is 1. The van der Waals surface area contributed by atoms with Crippen LogP contribution in [0.3, 0.4) is 0 Å². The van der Waals surface area contributed by atoms with Gasteiger partial charge in [0.15, 0.2) is 5.60 Å². The largest absolute Gasteiger partial charge is 0.481 e. The minimum Gasteiger partial charge on any atom is -0.481 e. The molecule has 0 spiro atoms. The van der Waals surface area contributed by atoms with Gasteiger partial charge in [-0.1, -0.05) is 58.4 Å². The van der Waals surface area contributed by atoms with Gasteiger partial charge in [0.1, 0.15) is 11.4 Å². The second-order valence-electron chi connectivity index (χ2n) is 7.40. The standard InChI is InChI=1S/C23H20BrNO3.CH4O/c1-27-21-20-19(12-14-25-21)28-23(16-7-9-17(24)10-8-16)18(11-13-22(20,23)26)15-5-3-2-4-6-15;1-2/h2-10,12,14,18,26H,11,13H2,1H3;2H,1H3. The van der Waals surface area contributed by atoms with Crippen molar-refractivity contribution in [2.45, 2.75) is 30.0 Å². The van der Waals surface area contributed by atoms with Crippen LogP contribution in [0, 0.1) is 0 Å². The molecule has 3 atom stereocenters. The predicted octanol–water partition coefficient (Wildman–Crippen LogP) is 4.51. The van der Waals surface area contributed by atoms with E-state index in [1.165, 1.54) is 0 Å². The van der Waals surface area contributed by atoms with Crippen LogP contribution in [0.1, 0.15) is 35.4 Å². The number of aliphatic hydroxyl groups excluding tert-OH is 1. The van der Waals surface area contributed by atoms with Crippen LogP contribution in [0.2, 0.25) is 0 Å². The zero-order chi connectivity index (χ0) is 21.4. The van der Waals surface area contributed by atoms with E-state index in [1.54, 1.807) is 13.3 Å². The number of hydrogen-bond acceptors (Lipinski definition) is 5. The molecule has 30 heavy (non-hydrogen) atoms. The van der Waals surface area contributed by atoms with Crippen LogP contribution < -0.4 is 9.47 Å². The molecule has 1 fully saturated rings. The van der Waals surface area contributed by atoms with Crippen molar-refractivity contribution in [2.24, 2.45) is 0 Å². The fraction of sp³-hybridized carbons (Fsp3) is 0.292. The first-order chi connectivity index (χ1) is 14.6. The SMILES string of the molecule is CO.COc1nccc2c1C1(O)CCC(c3ccccc3)C1(c1ccc(Br)cc1)O2. The molecular weight excluding hydrogens is 446 g/mol. The monoisotopic (exact) mass is 469 g/mol. The first-order valence-corrected chi connectivity index (χ1v) is 10.6. The van der Waals surface area contributed by atoms with Crippen LogP contribution >= 0.6 is 15.9 Å². The van der Waals surface area contributed by atoms with Gasteiger partial charge >= 0.3 is 0 Å². The molecule has 3 unspecified atom stereocenters. The predicted molar refractivity (Wildman–Crippen MR) is 118 cm³/mol. The van der Waals surface area contributed by atoms with E-state index in [-0.39, 0.29) is 5.92 Å². The second kappa shape index (κ2) is 8.02. The highest BCUT2D eigenvalue weighted by Gasteiger charge is 2.69.